The van der Waals surface area contributed by atoms with Crippen molar-refractivity contribution < 1.29 is 14.0 Å². The van der Waals surface area contributed by atoms with Crippen LogP contribution in [0.2, 0.25) is 0 Å². The molecule has 5 heteroatoms. The van der Waals surface area contributed by atoms with Crippen LogP contribution in [-0.2, 0) is 6.54 Å². The van der Waals surface area contributed by atoms with E-state index < -0.39 is 0 Å². The minimum absolute atomic E-state index is 0.327. The van der Waals surface area contributed by atoms with Crippen LogP contribution in [0.3, 0.4) is 0 Å². The largest absolute Gasteiger partial charge is 0.490 e. The van der Waals surface area contributed by atoms with Crippen molar-refractivity contribution in [3.05, 3.63) is 41.3 Å². The van der Waals surface area contributed by atoms with E-state index >= 15 is 0 Å². The third-order valence-electron chi connectivity index (χ3n) is 4.81. The molecule has 5 nitrogen and oxygen atoms in total. The molecule has 2 aromatic rings. The standard InChI is InChI=1S/C21H30N2O3/c1-5-24-19-10-9-16(12-21(19)25-6-2)14-23-11-7-8-18(23)17-13-20(15(3)4)26-22-17/h9-10,12-13,15,18H,5-8,11,14H2,1-4H3/t18-/m1/s1. The van der Waals surface area contributed by atoms with Gasteiger partial charge in [0.1, 0.15) is 11.5 Å². The van der Waals surface area contributed by atoms with Gasteiger partial charge in [-0.1, -0.05) is 25.1 Å². The van der Waals surface area contributed by atoms with Gasteiger partial charge in [-0.15, -0.1) is 0 Å². The van der Waals surface area contributed by atoms with Gasteiger partial charge in [0.2, 0.25) is 0 Å². The predicted octanol–water partition coefficient (Wildman–Crippen LogP) is 4.93. The van der Waals surface area contributed by atoms with E-state index in [0.717, 1.165) is 42.5 Å². The van der Waals surface area contributed by atoms with Gasteiger partial charge in [0, 0.05) is 18.5 Å². The summed E-state index contributed by atoms with van der Waals surface area (Å²) >= 11 is 0. The molecule has 0 spiro atoms. The Kier molecular flexibility index (Phi) is 6.20. The third-order valence-corrected chi connectivity index (χ3v) is 4.81. The van der Waals surface area contributed by atoms with Gasteiger partial charge in [0.25, 0.3) is 0 Å². The van der Waals surface area contributed by atoms with Gasteiger partial charge in [0.05, 0.1) is 19.3 Å². The summed E-state index contributed by atoms with van der Waals surface area (Å²) in [4.78, 5) is 2.48. The average molecular weight is 358 g/mol. The van der Waals surface area contributed by atoms with E-state index in [2.05, 4.69) is 42.1 Å². The summed E-state index contributed by atoms with van der Waals surface area (Å²) in [6, 6.07) is 8.70. The molecule has 0 amide bonds. The molecule has 1 aromatic carbocycles. The highest BCUT2D eigenvalue weighted by molar-refractivity contribution is 5.43. The van der Waals surface area contributed by atoms with Crippen LogP contribution in [0.5, 0.6) is 11.5 Å². The second-order valence-electron chi connectivity index (χ2n) is 7.08. The molecular weight excluding hydrogens is 328 g/mol. The lowest BCUT2D eigenvalue weighted by atomic mass is 10.1. The van der Waals surface area contributed by atoms with Crippen LogP contribution >= 0.6 is 0 Å². The molecule has 0 bridgehead atoms. The second-order valence-corrected chi connectivity index (χ2v) is 7.08. The maximum Gasteiger partial charge on any atom is 0.161 e. The van der Waals surface area contributed by atoms with E-state index in [1.165, 1.54) is 12.0 Å². The van der Waals surface area contributed by atoms with E-state index in [4.69, 9.17) is 14.0 Å². The first-order valence-corrected chi connectivity index (χ1v) is 9.71. The molecule has 1 aliphatic heterocycles. The maximum atomic E-state index is 5.76. The fourth-order valence-corrected chi connectivity index (χ4v) is 3.51. The molecule has 1 aromatic heterocycles. The van der Waals surface area contributed by atoms with Crippen molar-refractivity contribution in [2.75, 3.05) is 19.8 Å². The van der Waals surface area contributed by atoms with Gasteiger partial charge in [-0.25, -0.2) is 0 Å². The topological polar surface area (TPSA) is 47.7 Å². The lowest BCUT2D eigenvalue weighted by molar-refractivity contribution is 0.235. The molecule has 26 heavy (non-hydrogen) atoms. The minimum Gasteiger partial charge on any atom is -0.490 e. The van der Waals surface area contributed by atoms with Gasteiger partial charge in [-0.2, -0.15) is 0 Å². The van der Waals surface area contributed by atoms with E-state index in [1.54, 1.807) is 0 Å². The molecule has 2 heterocycles. The number of benzene rings is 1. The van der Waals surface area contributed by atoms with Crippen molar-refractivity contribution in [3.63, 3.8) is 0 Å². The molecule has 3 rings (SSSR count). The Balaban J connectivity index is 1.75. The Morgan fingerprint density at radius 3 is 2.62 bits per heavy atom. The van der Waals surface area contributed by atoms with Gasteiger partial charge >= 0.3 is 0 Å². The minimum atomic E-state index is 0.327. The normalized spacial score (nSPS) is 17.8. The van der Waals surface area contributed by atoms with Gasteiger partial charge in [0.15, 0.2) is 11.5 Å². The first-order chi connectivity index (χ1) is 12.6. The number of rotatable bonds is 8. The van der Waals surface area contributed by atoms with E-state index in [1.807, 2.05) is 19.9 Å². The second kappa shape index (κ2) is 8.58. The number of likely N-dealkylation sites (tertiary alicyclic amines) is 1. The number of ether oxygens (including phenoxy) is 2. The molecule has 0 saturated carbocycles. The van der Waals surface area contributed by atoms with E-state index in [-0.39, 0.29) is 0 Å². The Hall–Kier alpha value is -2.01. The molecule has 1 fully saturated rings. The molecule has 0 N–H and O–H groups in total. The summed E-state index contributed by atoms with van der Waals surface area (Å²) in [5, 5.41) is 4.34. The molecule has 142 valence electrons. The van der Waals surface area contributed by atoms with Crippen LogP contribution in [0.1, 0.15) is 69.5 Å². The summed E-state index contributed by atoms with van der Waals surface area (Å²) < 4.78 is 17.0. The number of aromatic nitrogens is 1. The molecule has 1 aliphatic rings. The smallest absolute Gasteiger partial charge is 0.161 e. The van der Waals surface area contributed by atoms with Gasteiger partial charge < -0.3 is 14.0 Å². The first kappa shape index (κ1) is 18.8. The molecule has 0 aliphatic carbocycles. The van der Waals surface area contributed by atoms with Crippen LogP contribution in [0.15, 0.2) is 28.8 Å². The highest BCUT2D eigenvalue weighted by Gasteiger charge is 2.29. The summed E-state index contributed by atoms with van der Waals surface area (Å²) in [5.74, 6) is 2.97. The van der Waals surface area contributed by atoms with Crippen LogP contribution < -0.4 is 9.47 Å². The molecule has 0 radical (unpaired) electrons. The maximum absolute atomic E-state index is 5.76. The quantitative estimate of drug-likeness (QED) is 0.669. The molecule has 1 atom stereocenters. The zero-order valence-electron chi connectivity index (χ0n) is 16.3. The van der Waals surface area contributed by atoms with Crippen molar-refractivity contribution in [3.8, 4) is 11.5 Å². The average Bonchev–Trinajstić information content (AvgIpc) is 3.26. The fraction of sp³-hybridized carbons (Fsp3) is 0.571. The van der Waals surface area contributed by atoms with Crippen LogP contribution in [0, 0.1) is 0 Å². The van der Waals surface area contributed by atoms with E-state index in [0.29, 0.717) is 25.2 Å². The van der Waals surface area contributed by atoms with Gasteiger partial charge in [-0.3, -0.25) is 4.90 Å². The number of hydrogen-bond acceptors (Lipinski definition) is 5. The van der Waals surface area contributed by atoms with E-state index in [9.17, 15) is 0 Å². The summed E-state index contributed by atoms with van der Waals surface area (Å²) in [6.45, 7) is 11.5. The van der Waals surface area contributed by atoms with Crippen molar-refractivity contribution in [1.29, 1.82) is 0 Å². The van der Waals surface area contributed by atoms with Crippen molar-refractivity contribution >= 4 is 0 Å². The number of nitrogens with zero attached hydrogens (tertiary/aromatic N) is 2. The lowest BCUT2D eigenvalue weighted by Gasteiger charge is -2.23. The lowest BCUT2D eigenvalue weighted by Crippen LogP contribution is -2.23. The third kappa shape index (κ3) is 4.21. The summed E-state index contributed by atoms with van der Waals surface area (Å²) in [7, 11) is 0. The van der Waals surface area contributed by atoms with Crippen LogP contribution in [0.4, 0.5) is 0 Å². The summed E-state index contributed by atoms with van der Waals surface area (Å²) in [6.07, 6.45) is 2.31. The summed E-state index contributed by atoms with van der Waals surface area (Å²) in [5.41, 5.74) is 2.29. The molecular formula is C21H30N2O3. The molecule has 1 saturated heterocycles. The predicted molar refractivity (Wildman–Crippen MR) is 102 cm³/mol. The van der Waals surface area contributed by atoms with Crippen LogP contribution in [-0.4, -0.2) is 29.8 Å². The zero-order chi connectivity index (χ0) is 18.5. The first-order valence-electron chi connectivity index (χ1n) is 9.71. The Morgan fingerprint density at radius 2 is 1.92 bits per heavy atom. The van der Waals surface area contributed by atoms with Crippen molar-refractivity contribution in [2.24, 2.45) is 0 Å². The Labute approximate surface area is 156 Å². The number of hydrogen-bond donors (Lipinski definition) is 0. The van der Waals surface area contributed by atoms with Crippen molar-refractivity contribution in [2.45, 2.75) is 59.0 Å². The monoisotopic (exact) mass is 358 g/mol. The fourth-order valence-electron chi connectivity index (χ4n) is 3.51. The molecule has 0 unspecified atom stereocenters. The highest BCUT2D eigenvalue weighted by atomic mass is 16.5. The zero-order valence-corrected chi connectivity index (χ0v) is 16.3. The Morgan fingerprint density at radius 1 is 1.15 bits per heavy atom. The Bertz CT molecular complexity index is 711. The van der Waals surface area contributed by atoms with Crippen LogP contribution in [0.25, 0.3) is 0 Å². The van der Waals surface area contributed by atoms with Crippen molar-refractivity contribution in [1.82, 2.24) is 10.1 Å². The van der Waals surface area contributed by atoms with Gasteiger partial charge in [-0.05, 0) is 50.9 Å². The SMILES string of the molecule is CCOc1ccc(CN2CCC[C@@H]2c2cc(C(C)C)on2)cc1OCC. The highest BCUT2D eigenvalue weighted by Crippen LogP contribution is 2.35.